The van der Waals surface area contributed by atoms with E-state index in [9.17, 15) is 21.6 Å². The topological polar surface area (TPSA) is 59.1 Å². The third kappa shape index (κ3) is 3.53. The SMILES string of the molecule is O=S(=O)(c1ccccc1NCCc1cscn1)C(F)(F)F. The van der Waals surface area contributed by atoms with E-state index in [4.69, 9.17) is 0 Å². The lowest BCUT2D eigenvalue weighted by Crippen LogP contribution is -2.24. The van der Waals surface area contributed by atoms with Crippen molar-refractivity contribution in [3.05, 3.63) is 40.8 Å². The highest BCUT2D eigenvalue weighted by Crippen LogP contribution is 2.34. The van der Waals surface area contributed by atoms with Crippen LogP contribution in [0.1, 0.15) is 5.69 Å². The molecule has 0 fully saturated rings. The van der Waals surface area contributed by atoms with Crippen LogP contribution in [0.3, 0.4) is 0 Å². The molecule has 0 aliphatic rings. The van der Waals surface area contributed by atoms with Gasteiger partial charge in [-0.15, -0.1) is 11.3 Å². The van der Waals surface area contributed by atoms with Gasteiger partial charge in [-0.2, -0.15) is 13.2 Å². The predicted molar refractivity (Wildman–Crippen MR) is 74.0 cm³/mol. The van der Waals surface area contributed by atoms with Gasteiger partial charge in [-0.05, 0) is 12.1 Å². The van der Waals surface area contributed by atoms with E-state index >= 15 is 0 Å². The molecule has 114 valence electrons. The van der Waals surface area contributed by atoms with Crippen LogP contribution >= 0.6 is 11.3 Å². The fraction of sp³-hybridized carbons (Fsp3) is 0.250. The summed E-state index contributed by atoms with van der Waals surface area (Å²) in [7, 11) is -5.37. The van der Waals surface area contributed by atoms with Crippen molar-refractivity contribution in [1.29, 1.82) is 0 Å². The zero-order valence-corrected chi connectivity index (χ0v) is 12.2. The van der Waals surface area contributed by atoms with Crippen molar-refractivity contribution in [2.75, 3.05) is 11.9 Å². The van der Waals surface area contributed by atoms with E-state index in [2.05, 4.69) is 10.3 Å². The van der Waals surface area contributed by atoms with Crippen molar-refractivity contribution in [1.82, 2.24) is 4.98 Å². The number of halogens is 3. The van der Waals surface area contributed by atoms with E-state index in [-0.39, 0.29) is 12.2 Å². The molecule has 9 heteroatoms. The van der Waals surface area contributed by atoms with Crippen LogP contribution in [0.15, 0.2) is 40.1 Å². The normalized spacial score (nSPS) is 12.3. The standard InChI is InChI=1S/C12H11F3N2O2S2/c13-12(14,15)21(18,19)11-4-2-1-3-10(11)16-6-5-9-7-20-8-17-9/h1-4,7-8,16H,5-6H2. The summed E-state index contributed by atoms with van der Waals surface area (Å²) >= 11 is 1.41. The fourth-order valence-electron chi connectivity index (χ4n) is 1.66. The van der Waals surface area contributed by atoms with Crippen molar-refractivity contribution in [2.24, 2.45) is 0 Å². The van der Waals surface area contributed by atoms with Crippen LogP contribution in [-0.2, 0) is 16.3 Å². The summed E-state index contributed by atoms with van der Waals surface area (Å²) in [6.07, 6.45) is 0.490. The molecule has 21 heavy (non-hydrogen) atoms. The molecule has 1 heterocycles. The average molecular weight is 336 g/mol. The number of thiazole rings is 1. The van der Waals surface area contributed by atoms with Crippen molar-refractivity contribution in [2.45, 2.75) is 16.8 Å². The predicted octanol–water partition coefficient (Wildman–Crippen LogP) is 3.09. The molecular weight excluding hydrogens is 325 g/mol. The third-order valence-electron chi connectivity index (χ3n) is 2.66. The van der Waals surface area contributed by atoms with Gasteiger partial charge in [0.1, 0.15) is 0 Å². The van der Waals surface area contributed by atoms with Gasteiger partial charge >= 0.3 is 5.51 Å². The van der Waals surface area contributed by atoms with E-state index in [0.717, 1.165) is 11.8 Å². The Hall–Kier alpha value is -1.61. The van der Waals surface area contributed by atoms with E-state index in [1.165, 1.54) is 29.5 Å². The minimum atomic E-state index is -5.37. The number of aromatic nitrogens is 1. The number of hydrogen-bond acceptors (Lipinski definition) is 5. The van der Waals surface area contributed by atoms with Crippen LogP contribution in [0, 0.1) is 0 Å². The fourth-order valence-corrected chi connectivity index (χ4v) is 3.19. The van der Waals surface area contributed by atoms with Crippen molar-refractivity contribution < 1.29 is 21.6 Å². The largest absolute Gasteiger partial charge is 0.501 e. The molecule has 1 aromatic heterocycles. The molecule has 1 N–H and O–H groups in total. The highest BCUT2D eigenvalue weighted by Gasteiger charge is 2.47. The molecule has 4 nitrogen and oxygen atoms in total. The minimum Gasteiger partial charge on any atom is -0.384 e. The molecule has 0 aliphatic heterocycles. The monoisotopic (exact) mass is 336 g/mol. The maximum absolute atomic E-state index is 12.6. The number of nitrogens with one attached hydrogen (secondary N) is 1. The number of benzene rings is 1. The van der Waals surface area contributed by atoms with Gasteiger partial charge in [-0.3, -0.25) is 0 Å². The Morgan fingerprint density at radius 2 is 1.95 bits per heavy atom. The average Bonchev–Trinajstić information content (AvgIpc) is 2.91. The van der Waals surface area contributed by atoms with Crippen LogP contribution in [0.25, 0.3) is 0 Å². The van der Waals surface area contributed by atoms with Crippen LogP contribution in [0.2, 0.25) is 0 Å². The molecule has 0 saturated heterocycles. The van der Waals surface area contributed by atoms with Crippen LogP contribution in [0.4, 0.5) is 18.9 Å². The molecule has 0 amide bonds. The molecule has 2 aromatic rings. The summed E-state index contributed by atoms with van der Waals surface area (Å²) in [5.41, 5.74) is -2.94. The Bertz CT molecular complexity index is 698. The number of nitrogens with zero attached hydrogens (tertiary/aromatic N) is 1. The number of alkyl halides is 3. The highest BCUT2D eigenvalue weighted by molar-refractivity contribution is 7.92. The smallest absolute Gasteiger partial charge is 0.384 e. The van der Waals surface area contributed by atoms with Gasteiger partial charge in [-0.1, -0.05) is 12.1 Å². The first-order chi connectivity index (χ1) is 9.82. The van der Waals surface area contributed by atoms with Gasteiger partial charge in [0.15, 0.2) is 0 Å². The number of anilines is 1. The first-order valence-corrected chi connectivity index (χ1v) is 8.26. The first kappa shape index (κ1) is 15.8. The summed E-state index contributed by atoms with van der Waals surface area (Å²) in [6, 6.07) is 4.97. The summed E-state index contributed by atoms with van der Waals surface area (Å²) in [5.74, 6) is 0. The first-order valence-electron chi connectivity index (χ1n) is 5.83. The summed E-state index contributed by atoms with van der Waals surface area (Å²) in [5, 5.41) is 4.53. The molecule has 0 aliphatic carbocycles. The lowest BCUT2D eigenvalue weighted by Gasteiger charge is -2.13. The Morgan fingerprint density at radius 1 is 1.24 bits per heavy atom. The highest BCUT2D eigenvalue weighted by atomic mass is 32.2. The summed E-state index contributed by atoms with van der Waals surface area (Å²) in [4.78, 5) is 3.27. The summed E-state index contributed by atoms with van der Waals surface area (Å²) < 4.78 is 60.8. The van der Waals surface area contributed by atoms with Gasteiger partial charge in [0.05, 0.1) is 21.8 Å². The number of rotatable bonds is 5. The van der Waals surface area contributed by atoms with E-state index in [1.54, 1.807) is 5.51 Å². The Labute approximate surface area is 123 Å². The molecule has 0 spiro atoms. The number of para-hydroxylation sites is 1. The van der Waals surface area contributed by atoms with E-state index in [0.29, 0.717) is 6.42 Å². The molecule has 0 unspecified atom stereocenters. The second kappa shape index (κ2) is 6.02. The Balaban J connectivity index is 2.18. The maximum Gasteiger partial charge on any atom is 0.501 e. The Kier molecular flexibility index (Phi) is 4.52. The second-order valence-electron chi connectivity index (χ2n) is 4.10. The van der Waals surface area contributed by atoms with Crippen LogP contribution in [0.5, 0.6) is 0 Å². The van der Waals surface area contributed by atoms with Crippen molar-refractivity contribution in [3.8, 4) is 0 Å². The second-order valence-corrected chi connectivity index (χ2v) is 6.73. The molecule has 1 aromatic carbocycles. The van der Waals surface area contributed by atoms with Gasteiger partial charge in [-0.25, -0.2) is 13.4 Å². The quantitative estimate of drug-likeness (QED) is 0.911. The van der Waals surface area contributed by atoms with Crippen LogP contribution in [-0.4, -0.2) is 25.5 Å². The van der Waals surface area contributed by atoms with Gasteiger partial charge < -0.3 is 5.32 Å². The number of sulfone groups is 1. The molecule has 0 atom stereocenters. The Morgan fingerprint density at radius 3 is 2.57 bits per heavy atom. The van der Waals surface area contributed by atoms with Crippen LogP contribution < -0.4 is 5.32 Å². The number of hydrogen-bond donors (Lipinski definition) is 1. The third-order valence-corrected chi connectivity index (χ3v) is 4.84. The molecule has 0 radical (unpaired) electrons. The molecule has 0 saturated carbocycles. The minimum absolute atomic E-state index is 0.0648. The van der Waals surface area contributed by atoms with Gasteiger partial charge in [0.2, 0.25) is 0 Å². The lowest BCUT2D eigenvalue weighted by atomic mass is 10.3. The van der Waals surface area contributed by atoms with Crippen molar-refractivity contribution >= 4 is 26.9 Å². The molecule has 2 rings (SSSR count). The molecule has 0 bridgehead atoms. The van der Waals surface area contributed by atoms with E-state index in [1.807, 2.05) is 5.38 Å². The van der Waals surface area contributed by atoms with Crippen molar-refractivity contribution in [3.63, 3.8) is 0 Å². The van der Waals surface area contributed by atoms with E-state index < -0.39 is 20.2 Å². The maximum atomic E-state index is 12.6. The van der Waals surface area contributed by atoms with Gasteiger partial charge in [0, 0.05) is 18.3 Å². The zero-order chi connectivity index (χ0) is 15.5. The van der Waals surface area contributed by atoms with Gasteiger partial charge in [0.25, 0.3) is 9.84 Å². The zero-order valence-electron chi connectivity index (χ0n) is 10.6. The summed E-state index contributed by atoms with van der Waals surface area (Å²) in [6.45, 7) is 0.286. The lowest BCUT2D eigenvalue weighted by molar-refractivity contribution is -0.0435. The molecular formula is C12H11F3N2O2S2.